The summed E-state index contributed by atoms with van der Waals surface area (Å²) in [6, 6.07) is 12.9. The average molecular weight is 483 g/mol. The highest BCUT2D eigenvalue weighted by Gasteiger charge is 2.25. The van der Waals surface area contributed by atoms with E-state index in [2.05, 4.69) is 16.0 Å². The summed E-state index contributed by atoms with van der Waals surface area (Å²) < 4.78 is 0. The Labute approximate surface area is 205 Å². The van der Waals surface area contributed by atoms with Crippen molar-refractivity contribution < 1.29 is 24.7 Å². The molecule has 1 aliphatic carbocycles. The number of hydrogen-bond donors (Lipinski definition) is 6. The van der Waals surface area contributed by atoms with E-state index in [0.29, 0.717) is 17.2 Å². The van der Waals surface area contributed by atoms with Gasteiger partial charge in [-0.2, -0.15) is 0 Å². The molecule has 1 saturated carbocycles. The Bertz CT molecular complexity index is 986. The van der Waals surface area contributed by atoms with Gasteiger partial charge in [-0.3, -0.25) is 19.6 Å². The Hall–Kier alpha value is -3.27. The number of rotatable bonds is 10. The van der Waals surface area contributed by atoms with Crippen molar-refractivity contribution in [3.63, 3.8) is 0 Å². The smallest absolute Gasteiger partial charge is 0.268 e. The molecule has 2 aromatic rings. The summed E-state index contributed by atoms with van der Waals surface area (Å²) in [6.07, 6.45) is 5.19. The van der Waals surface area contributed by atoms with Crippen LogP contribution in [0, 0.1) is 5.92 Å². The second-order valence-corrected chi connectivity index (χ2v) is 9.01. The molecule has 1 aliphatic rings. The number of nitrogens with one attached hydrogen (secondary N) is 4. The van der Waals surface area contributed by atoms with Gasteiger partial charge in [-0.15, -0.1) is 0 Å². The predicted molar refractivity (Wildman–Crippen MR) is 133 cm³/mol. The summed E-state index contributed by atoms with van der Waals surface area (Å²) in [5, 5.41) is 27.0. The molecule has 0 spiro atoms. The van der Waals surface area contributed by atoms with Crippen LogP contribution in [0.1, 0.15) is 49.4 Å². The highest BCUT2D eigenvalue weighted by atomic mass is 16.5. The van der Waals surface area contributed by atoms with Gasteiger partial charge in [-0.25, -0.2) is 5.48 Å². The van der Waals surface area contributed by atoms with Crippen molar-refractivity contribution in [2.24, 2.45) is 5.92 Å². The molecule has 0 bridgehead atoms. The summed E-state index contributed by atoms with van der Waals surface area (Å²) in [5.74, 6) is -0.860. The number of anilines is 1. The first-order valence-electron chi connectivity index (χ1n) is 12.0. The minimum absolute atomic E-state index is 0.0747. The third kappa shape index (κ3) is 7.88. The second kappa shape index (κ2) is 13.0. The van der Waals surface area contributed by atoms with Crippen molar-refractivity contribution in [2.75, 3.05) is 18.4 Å². The van der Waals surface area contributed by atoms with Crippen molar-refractivity contribution in [1.29, 1.82) is 0 Å². The van der Waals surface area contributed by atoms with E-state index in [9.17, 15) is 19.5 Å². The van der Waals surface area contributed by atoms with Crippen LogP contribution in [-0.2, 0) is 9.59 Å². The first-order valence-corrected chi connectivity index (χ1v) is 12.0. The molecule has 1 fully saturated rings. The Morgan fingerprint density at radius 3 is 2.11 bits per heavy atom. The van der Waals surface area contributed by atoms with Gasteiger partial charge < -0.3 is 21.1 Å². The summed E-state index contributed by atoms with van der Waals surface area (Å²) in [7, 11) is 0. The third-order valence-corrected chi connectivity index (χ3v) is 6.25. The van der Waals surface area contributed by atoms with Gasteiger partial charge in [0.25, 0.3) is 11.8 Å². The quantitative estimate of drug-likeness (QED) is 0.227. The molecule has 2 atom stereocenters. The zero-order valence-corrected chi connectivity index (χ0v) is 19.9. The van der Waals surface area contributed by atoms with Crippen molar-refractivity contribution in [2.45, 2.75) is 51.2 Å². The number of hydroxylamine groups is 1. The molecule has 0 heterocycles. The normalized spacial score (nSPS) is 15.6. The fourth-order valence-corrected chi connectivity index (χ4v) is 4.25. The number of benzene rings is 2. The molecular formula is C26H34N4O5. The summed E-state index contributed by atoms with van der Waals surface area (Å²) >= 11 is 0. The van der Waals surface area contributed by atoms with Crippen LogP contribution in [0.25, 0.3) is 11.1 Å². The zero-order valence-electron chi connectivity index (χ0n) is 19.9. The summed E-state index contributed by atoms with van der Waals surface area (Å²) in [4.78, 5) is 36.2. The van der Waals surface area contributed by atoms with Crippen LogP contribution in [0.2, 0.25) is 0 Å². The minimum atomic E-state index is -1.28. The second-order valence-electron chi connectivity index (χ2n) is 9.01. The van der Waals surface area contributed by atoms with Crippen LogP contribution < -0.4 is 21.4 Å². The molecular weight excluding hydrogens is 448 g/mol. The highest BCUT2D eigenvalue weighted by Crippen LogP contribution is 2.23. The minimum Gasteiger partial charge on any atom is -0.391 e. The molecule has 0 aromatic heterocycles. The van der Waals surface area contributed by atoms with Crippen LogP contribution in [0.5, 0.6) is 0 Å². The van der Waals surface area contributed by atoms with E-state index in [1.165, 1.54) is 44.5 Å². The van der Waals surface area contributed by atoms with Gasteiger partial charge in [-0.1, -0.05) is 43.5 Å². The molecule has 2 aromatic carbocycles. The maximum atomic E-state index is 12.4. The van der Waals surface area contributed by atoms with Gasteiger partial charge in [-0.05, 0) is 67.6 Å². The van der Waals surface area contributed by atoms with Gasteiger partial charge in [0.2, 0.25) is 5.91 Å². The monoisotopic (exact) mass is 482 g/mol. The van der Waals surface area contributed by atoms with Crippen LogP contribution >= 0.6 is 0 Å². The summed E-state index contributed by atoms with van der Waals surface area (Å²) in [6.45, 7) is 2.51. The molecule has 3 amide bonds. The molecule has 0 radical (unpaired) electrons. The van der Waals surface area contributed by atoms with E-state index in [1.807, 2.05) is 24.3 Å². The van der Waals surface area contributed by atoms with E-state index >= 15 is 0 Å². The van der Waals surface area contributed by atoms with Gasteiger partial charge in [0.05, 0.1) is 12.6 Å². The number of hydrogen-bond acceptors (Lipinski definition) is 6. The van der Waals surface area contributed by atoms with Crippen LogP contribution in [0.15, 0.2) is 48.5 Å². The zero-order chi connectivity index (χ0) is 25.2. The lowest BCUT2D eigenvalue weighted by molar-refractivity contribution is -0.133. The largest absolute Gasteiger partial charge is 0.391 e. The molecule has 9 heteroatoms. The van der Waals surface area contributed by atoms with Crippen molar-refractivity contribution in [1.82, 2.24) is 16.1 Å². The highest BCUT2D eigenvalue weighted by molar-refractivity contribution is 5.98. The SMILES string of the molecule is C[C@@H](O)[C@H](NC(=O)c1ccc(-c2ccc(NC(=O)CNCC3CCCCC3)cc2)cc1)C(=O)NO. The van der Waals surface area contributed by atoms with Crippen molar-refractivity contribution >= 4 is 23.4 Å². The third-order valence-electron chi connectivity index (χ3n) is 6.25. The van der Waals surface area contributed by atoms with Crippen LogP contribution in [0.4, 0.5) is 5.69 Å². The van der Waals surface area contributed by atoms with E-state index in [4.69, 9.17) is 5.21 Å². The Morgan fingerprint density at radius 1 is 0.943 bits per heavy atom. The van der Waals surface area contributed by atoms with Gasteiger partial charge in [0.1, 0.15) is 6.04 Å². The Morgan fingerprint density at radius 2 is 1.54 bits per heavy atom. The topological polar surface area (TPSA) is 140 Å². The lowest BCUT2D eigenvalue weighted by Crippen LogP contribution is -2.51. The lowest BCUT2D eigenvalue weighted by atomic mass is 9.89. The van der Waals surface area contributed by atoms with E-state index in [0.717, 1.165) is 17.7 Å². The van der Waals surface area contributed by atoms with Gasteiger partial charge in [0.15, 0.2) is 0 Å². The lowest BCUT2D eigenvalue weighted by Gasteiger charge is -2.21. The molecule has 35 heavy (non-hydrogen) atoms. The number of carbonyl (C=O) groups is 3. The van der Waals surface area contributed by atoms with E-state index in [1.54, 1.807) is 24.3 Å². The van der Waals surface area contributed by atoms with E-state index in [-0.39, 0.29) is 12.5 Å². The molecule has 6 N–H and O–H groups in total. The fourth-order valence-electron chi connectivity index (χ4n) is 4.25. The van der Waals surface area contributed by atoms with Gasteiger partial charge >= 0.3 is 0 Å². The predicted octanol–water partition coefficient (Wildman–Crippen LogP) is 2.45. The fraction of sp³-hybridized carbons (Fsp3) is 0.423. The number of aliphatic hydroxyl groups is 1. The average Bonchev–Trinajstić information content (AvgIpc) is 2.87. The van der Waals surface area contributed by atoms with Crippen molar-refractivity contribution in [3.05, 3.63) is 54.1 Å². The van der Waals surface area contributed by atoms with Crippen LogP contribution in [-0.4, -0.2) is 53.3 Å². The Kier molecular flexibility index (Phi) is 9.77. The van der Waals surface area contributed by atoms with Gasteiger partial charge in [0, 0.05) is 11.3 Å². The molecule has 3 rings (SSSR count). The van der Waals surface area contributed by atoms with E-state index < -0.39 is 24.0 Å². The first-order chi connectivity index (χ1) is 16.9. The maximum absolute atomic E-state index is 12.4. The molecule has 0 saturated heterocycles. The first kappa shape index (κ1) is 26.3. The molecule has 0 aliphatic heterocycles. The number of aliphatic hydroxyl groups excluding tert-OH is 1. The maximum Gasteiger partial charge on any atom is 0.268 e. The van der Waals surface area contributed by atoms with Crippen LogP contribution in [0.3, 0.4) is 0 Å². The standard InChI is InChI=1S/C26H34N4O5/c1-17(31)24(26(34)30-35)29-25(33)21-9-7-19(8-10-21)20-11-13-22(14-12-20)28-23(32)16-27-15-18-5-3-2-4-6-18/h7-14,17-18,24,27,31,35H,2-6,15-16H2,1H3,(H,28,32)(H,29,33)(H,30,34)/t17-,24+/m1/s1. The van der Waals surface area contributed by atoms with Crippen molar-refractivity contribution in [3.8, 4) is 11.1 Å². The molecule has 0 unspecified atom stereocenters. The number of carbonyl (C=O) groups excluding carboxylic acids is 3. The molecule has 9 nitrogen and oxygen atoms in total. The Balaban J connectivity index is 1.51. The summed E-state index contributed by atoms with van der Waals surface area (Å²) in [5.41, 5.74) is 4.22. The molecule has 188 valence electrons. The number of amides is 3.